The molecule has 98 valence electrons. The summed E-state index contributed by atoms with van der Waals surface area (Å²) in [6.07, 6.45) is 6.43. The Bertz CT molecular complexity index is 442. The van der Waals surface area contributed by atoms with Gasteiger partial charge in [0, 0.05) is 11.0 Å². The standard InChI is InChI=1S/C14H18BrNO2/c1-17-13-7-11(3-2-6-16)12(15)8-14(13)18-9-10-4-5-10/h2-3,7-8,10H,4-6,9,16H2,1H3/b3-2+. The maximum atomic E-state index is 5.79. The molecule has 0 saturated heterocycles. The second kappa shape index (κ2) is 6.25. The van der Waals surface area contributed by atoms with Crippen LogP contribution in [0.25, 0.3) is 6.08 Å². The van der Waals surface area contributed by atoms with E-state index in [0.29, 0.717) is 6.54 Å². The lowest BCUT2D eigenvalue weighted by Crippen LogP contribution is -2.01. The third-order valence-electron chi connectivity index (χ3n) is 2.89. The largest absolute Gasteiger partial charge is 0.493 e. The van der Waals surface area contributed by atoms with E-state index >= 15 is 0 Å². The maximum absolute atomic E-state index is 5.79. The van der Waals surface area contributed by atoms with Crippen LogP contribution >= 0.6 is 15.9 Å². The highest BCUT2D eigenvalue weighted by Crippen LogP contribution is 2.36. The van der Waals surface area contributed by atoms with Crippen molar-refractivity contribution in [2.75, 3.05) is 20.3 Å². The molecule has 0 radical (unpaired) electrons. The fourth-order valence-electron chi connectivity index (χ4n) is 1.64. The molecule has 0 amide bonds. The van der Waals surface area contributed by atoms with Crippen LogP contribution in [-0.2, 0) is 0 Å². The number of benzene rings is 1. The number of hydrogen-bond acceptors (Lipinski definition) is 3. The second-order valence-electron chi connectivity index (χ2n) is 4.42. The molecule has 0 atom stereocenters. The Morgan fingerprint density at radius 3 is 2.78 bits per heavy atom. The van der Waals surface area contributed by atoms with Crippen LogP contribution in [0, 0.1) is 5.92 Å². The lowest BCUT2D eigenvalue weighted by atomic mass is 10.2. The Labute approximate surface area is 116 Å². The molecule has 1 aliphatic rings. The first-order valence-electron chi connectivity index (χ1n) is 6.11. The smallest absolute Gasteiger partial charge is 0.162 e. The molecule has 1 aromatic rings. The summed E-state index contributed by atoms with van der Waals surface area (Å²) in [4.78, 5) is 0. The maximum Gasteiger partial charge on any atom is 0.162 e. The van der Waals surface area contributed by atoms with Gasteiger partial charge in [0.15, 0.2) is 11.5 Å². The number of halogens is 1. The van der Waals surface area contributed by atoms with Crippen LogP contribution in [0.5, 0.6) is 11.5 Å². The zero-order valence-corrected chi connectivity index (χ0v) is 12.1. The van der Waals surface area contributed by atoms with Gasteiger partial charge in [-0.15, -0.1) is 0 Å². The predicted octanol–water partition coefficient (Wildman–Crippen LogP) is 3.22. The van der Waals surface area contributed by atoms with Gasteiger partial charge in [0.25, 0.3) is 0 Å². The van der Waals surface area contributed by atoms with E-state index in [4.69, 9.17) is 15.2 Å². The van der Waals surface area contributed by atoms with Crippen LogP contribution in [0.15, 0.2) is 22.7 Å². The highest BCUT2D eigenvalue weighted by Gasteiger charge is 2.22. The summed E-state index contributed by atoms with van der Waals surface area (Å²) < 4.78 is 12.1. The second-order valence-corrected chi connectivity index (χ2v) is 5.27. The quantitative estimate of drug-likeness (QED) is 0.877. The molecular formula is C14H18BrNO2. The monoisotopic (exact) mass is 311 g/mol. The SMILES string of the molecule is COc1cc(/C=C/CN)c(Br)cc1OCC1CC1. The van der Waals surface area contributed by atoms with Crippen molar-refractivity contribution in [3.8, 4) is 11.5 Å². The summed E-state index contributed by atoms with van der Waals surface area (Å²) in [6.45, 7) is 1.30. The van der Waals surface area contributed by atoms with E-state index in [9.17, 15) is 0 Å². The van der Waals surface area contributed by atoms with Crippen molar-refractivity contribution in [2.45, 2.75) is 12.8 Å². The highest BCUT2D eigenvalue weighted by atomic mass is 79.9. The molecule has 0 spiro atoms. The molecule has 1 aliphatic carbocycles. The summed E-state index contributed by atoms with van der Waals surface area (Å²) in [5, 5.41) is 0. The summed E-state index contributed by atoms with van der Waals surface area (Å²) >= 11 is 3.54. The predicted molar refractivity (Wildman–Crippen MR) is 77.0 cm³/mol. The van der Waals surface area contributed by atoms with E-state index in [-0.39, 0.29) is 0 Å². The van der Waals surface area contributed by atoms with Gasteiger partial charge in [-0.25, -0.2) is 0 Å². The molecule has 0 bridgehead atoms. The highest BCUT2D eigenvalue weighted by molar-refractivity contribution is 9.10. The number of methoxy groups -OCH3 is 1. The van der Waals surface area contributed by atoms with Crippen molar-refractivity contribution in [3.05, 3.63) is 28.2 Å². The fraction of sp³-hybridized carbons (Fsp3) is 0.429. The average Bonchev–Trinajstić information content (AvgIpc) is 3.19. The Morgan fingerprint density at radius 2 is 2.17 bits per heavy atom. The van der Waals surface area contributed by atoms with Gasteiger partial charge >= 0.3 is 0 Å². The van der Waals surface area contributed by atoms with Crippen LogP contribution in [0.2, 0.25) is 0 Å². The molecular weight excluding hydrogens is 294 g/mol. The zero-order valence-electron chi connectivity index (χ0n) is 10.5. The molecule has 1 fully saturated rings. The summed E-state index contributed by atoms with van der Waals surface area (Å²) in [5.41, 5.74) is 6.49. The number of rotatable bonds is 6. The molecule has 18 heavy (non-hydrogen) atoms. The Hall–Kier alpha value is -1.00. The molecule has 1 aromatic carbocycles. The number of ether oxygens (including phenoxy) is 2. The fourth-order valence-corrected chi connectivity index (χ4v) is 2.09. The molecule has 0 aliphatic heterocycles. The van der Waals surface area contributed by atoms with E-state index < -0.39 is 0 Å². The molecule has 0 unspecified atom stereocenters. The number of nitrogens with two attached hydrogens (primary N) is 1. The minimum Gasteiger partial charge on any atom is -0.493 e. The van der Waals surface area contributed by atoms with Gasteiger partial charge in [-0.2, -0.15) is 0 Å². The van der Waals surface area contributed by atoms with Gasteiger partial charge in [0.05, 0.1) is 13.7 Å². The van der Waals surface area contributed by atoms with E-state index in [2.05, 4.69) is 15.9 Å². The van der Waals surface area contributed by atoms with E-state index in [0.717, 1.165) is 34.1 Å². The lowest BCUT2D eigenvalue weighted by Gasteiger charge is -2.12. The van der Waals surface area contributed by atoms with Gasteiger partial charge in [-0.3, -0.25) is 0 Å². The summed E-state index contributed by atoms with van der Waals surface area (Å²) in [6, 6.07) is 3.91. The van der Waals surface area contributed by atoms with Crippen molar-refractivity contribution >= 4 is 22.0 Å². The van der Waals surface area contributed by atoms with Gasteiger partial charge in [-0.05, 0) is 36.5 Å². The lowest BCUT2D eigenvalue weighted by molar-refractivity contribution is 0.280. The van der Waals surface area contributed by atoms with Gasteiger partial charge in [0.2, 0.25) is 0 Å². The first kappa shape index (κ1) is 13.4. The van der Waals surface area contributed by atoms with Crippen LogP contribution in [0.3, 0.4) is 0 Å². The first-order valence-corrected chi connectivity index (χ1v) is 6.91. The average molecular weight is 312 g/mol. The molecule has 1 saturated carbocycles. The van der Waals surface area contributed by atoms with Gasteiger partial charge < -0.3 is 15.2 Å². The van der Waals surface area contributed by atoms with Crippen molar-refractivity contribution < 1.29 is 9.47 Å². The van der Waals surface area contributed by atoms with Crippen molar-refractivity contribution in [1.29, 1.82) is 0 Å². The Morgan fingerprint density at radius 1 is 1.39 bits per heavy atom. The van der Waals surface area contributed by atoms with Crippen LogP contribution in [0.1, 0.15) is 18.4 Å². The van der Waals surface area contributed by atoms with E-state index in [1.165, 1.54) is 12.8 Å². The van der Waals surface area contributed by atoms with Crippen molar-refractivity contribution in [2.24, 2.45) is 11.7 Å². The topological polar surface area (TPSA) is 44.5 Å². The Kier molecular flexibility index (Phi) is 4.66. The van der Waals surface area contributed by atoms with Crippen LogP contribution in [-0.4, -0.2) is 20.3 Å². The van der Waals surface area contributed by atoms with Crippen molar-refractivity contribution in [3.63, 3.8) is 0 Å². The van der Waals surface area contributed by atoms with E-state index in [1.807, 2.05) is 24.3 Å². The summed E-state index contributed by atoms with van der Waals surface area (Å²) in [7, 11) is 1.66. The minimum atomic E-state index is 0.523. The summed E-state index contributed by atoms with van der Waals surface area (Å²) in [5.74, 6) is 2.28. The van der Waals surface area contributed by atoms with Gasteiger partial charge in [0.1, 0.15) is 0 Å². The third kappa shape index (κ3) is 3.50. The molecule has 4 heteroatoms. The molecule has 0 aromatic heterocycles. The van der Waals surface area contributed by atoms with Crippen LogP contribution in [0.4, 0.5) is 0 Å². The molecule has 3 nitrogen and oxygen atoms in total. The van der Waals surface area contributed by atoms with E-state index in [1.54, 1.807) is 7.11 Å². The normalized spacial score (nSPS) is 15.1. The van der Waals surface area contributed by atoms with Gasteiger partial charge in [-0.1, -0.05) is 28.1 Å². The first-order chi connectivity index (χ1) is 8.74. The van der Waals surface area contributed by atoms with Crippen LogP contribution < -0.4 is 15.2 Å². The number of hydrogen-bond donors (Lipinski definition) is 1. The molecule has 2 N–H and O–H groups in total. The molecule has 2 rings (SSSR count). The van der Waals surface area contributed by atoms with Crippen molar-refractivity contribution in [1.82, 2.24) is 0 Å². The third-order valence-corrected chi connectivity index (χ3v) is 3.57. The zero-order chi connectivity index (χ0) is 13.0. The Balaban J connectivity index is 2.17. The minimum absolute atomic E-state index is 0.523. The molecule has 0 heterocycles.